The second-order valence-corrected chi connectivity index (χ2v) is 9.93. The van der Waals surface area contributed by atoms with Gasteiger partial charge < -0.3 is 0 Å². The van der Waals surface area contributed by atoms with Crippen LogP contribution in [0, 0.1) is 11.3 Å². The van der Waals surface area contributed by atoms with E-state index in [1.807, 2.05) is 6.07 Å². The Balaban J connectivity index is 1.63. The molecule has 0 radical (unpaired) electrons. The van der Waals surface area contributed by atoms with E-state index in [0.29, 0.717) is 0 Å². The van der Waals surface area contributed by atoms with Crippen LogP contribution >= 0.6 is 34.4 Å². The van der Waals surface area contributed by atoms with Gasteiger partial charge in [-0.05, 0) is 58.5 Å². The molecule has 0 atom stereocenters. The van der Waals surface area contributed by atoms with E-state index in [1.54, 1.807) is 34.4 Å². The molecule has 2 nitrogen and oxygen atoms in total. The highest BCUT2D eigenvalue weighted by molar-refractivity contribution is 7.98. The molecule has 0 saturated heterocycles. The van der Waals surface area contributed by atoms with Gasteiger partial charge in [-0.25, -0.2) is 4.98 Å². The summed E-state index contributed by atoms with van der Waals surface area (Å²) in [6.07, 6.45) is 4.17. The van der Waals surface area contributed by atoms with Gasteiger partial charge in [-0.3, -0.25) is 0 Å². The molecule has 5 heteroatoms. The number of thiophene rings is 2. The summed E-state index contributed by atoms with van der Waals surface area (Å²) in [5.74, 6) is 0.801. The Morgan fingerprint density at radius 3 is 2.57 bits per heavy atom. The van der Waals surface area contributed by atoms with Crippen LogP contribution in [-0.2, 0) is 12.2 Å². The first-order valence-corrected chi connectivity index (χ1v) is 12.5. The molecule has 0 amide bonds. The van der Waals surface area contributed by atoms with Crippen LogP contribution in [-0.4, -0.2) is 4.98 Å². The zero-order valence-corrected chi connectivity index (χ0v) is 18.6. The van der Waals surface area contributed by atoms with Crippen LogP contribution in [0.25, 0.3) is 22.1 Å². The standard InChI is InChI=1S/C25H18N2S3/c26-15-21-23(22-9-5-13-29-22)20-11-10-18(14-19-8-4-12-28-19)24(20)27-25(21)30-16-17-6-2-1-3-7-17/h1-9,12-14H,10-11,16H2. The van der Waals surface area contributed by atoms with Gasteiger partial charge >= 0.3 is 0 Å². The molecular formula is C25H18N2S3. The number of hydrogen-bond acceptors (Lipinski definition) is 5. The summed E-state index contributed by atoms with van der Waals surface area (Å²) in [6.45, 7) is 0. The lowest BCUT2D eigenvalue weighted by atomic mass is 10.0. The Labute approximate surface area is 188 Å². The molecule has 146 valence electrons. The van der Waals surface area contributed by atoms with Crippen molar-refractivity contribution in [1.82, 2.24) is 4.98 Å². The van der Waals surface area contributed by atoms with Crippen molar-refractivity contribution in [2.45, 2.75) is 23.6 Å². The minimum Gasteiger partial charge on any atom is -0.240 e. The lowest BCUT2D eigenvalue weighted by molar-refractivity contribution is 1.05. The van der Waals surface area contributed by atoms with Crippen molar-refractivity contribution in [2.24, 2.45) is 0 Å². The van der Waals surface area contributed by atoms with Crippen LogP contribution in [0.2, 0.25) is 0 Å². The predicted molar refractivity (Wildman–Crippen MR) is 129 cm³/mol. The van der Waals surface area contributed by atoms with Crippen LogP contribution in [0.4, 0.5) is 0 Å². The molecule has 5 rings (SSSR count). The molecule has 0 unspecified atom stereocenters. The van der Waals surface area contributed by atoms with E-state index in [4.69, 9.17) is 4.98 Å². The minimum atomic E-state index is 0.717. The Bertz CT molecular complexity index is 1230. The molecule has 3 heterocycles. The van der Waals surface area contributed by atoms with Crippen molar-refractivity contribution in [2.75, 3.05) is 0 Å². The van der Waals surface area contributed by atoms with E-state index < -0.39 is 0 Å². The molecule has 30 heavy (non-hydrogen) atoms. The number of hydrogen-bond donors (Lipinski definition) is 0. The van der Waals surface area contributed by atoms with Crippen molar-refractivity contribution < 1.29 is 0 Å². The smallest absolute Gasteiger partial charge is 0.116 e. The van der Waals surface area contributed by atoms with Gasteiger partial charge in [0.05, 0.1) is 11.3 Å². The Kier molecular flexibility index (Phi) is 5.54. The number of thioether (sulfide) groups is 1. The summed E-state index contributed by atoms with van der Waals surface area (Å²) < 4.78 is 0. The van der Waals surface area contributed by atoms with Crippen molar-refractivity contribution >= 4 is 46.1 Å². The van der Waals surface area contributed by atoms with Crippen molar-refractivity contribution in [3.05, 3.63) is 92.6 Å². The van der Waals surface area contributed by atoms with E-state index in [9.17, 15) is 5.26 Å². The van der Waals surface area contributed by atoms with Crippen LogP contribution in [0.1, 0.15) is 33.7 Å². The van der Waals surface area contributed by atoms with Crippen LogP contribution < -0.4 is 0 Å². The fourth-order valence-corrected chi connectivity index (χ4v) is 6.23. The molecule has 1 aliphatic carbocycles. The number of rotatable bonds is 5. The molecule has 1 aromatic carbocycles. The lowest BCUT2D eigenvalue weighted by Crippen LogP contribution is -2.00. The van der Waals surface area contributed by atoms with Crippen molar-refractivity contribution in [3.8, 4) is 16.5 Å². The highest BCUT2D eigenvalue weighted by Gasteiger charge is 2.27. The first-order valence-electron chi connectivity index (χ1n) is 9.75. The fourth-order valence-electron chi connectivity index (χ4n) is 3.80. The largest absolute Gasteiger partial charge is 0.240 e. The van der Waals surface area contributed by atoms with Gasteiger partial charge in [-0.2, -0.15) is 5.26 Å². The average Bonchev–Trinajstić information content (AvgIpc) is 3.55. The highest BCUT2D eigenvalue weighted by Crippen LogP contribution is 2.44. The molecule has 1 aliphatic rings. The summed E-state index contributed by atoms with van der Waals surface area (Å²) in [4.78, 5) is 7.46. The number of pyridine rings is 1. The zero-order chi connectivity index (χ0) is 20.3. The normalized spacial score (nSPS) is 14.0. The van der Waals surface area contributed by atoms with E-state index >= 15 is 0 Å². The molecule has 4 aromatic rings. The van der Waals surface area contributed by atoms with Crippen molar-refractivity contribution in [1.29, 1.82) is 5.26 Å². The molecule has 0 aliphatic heterocycles. The van der Waals surface area contributed by atoms with Crippen LogP contribution in [0.15, 0.2) is 70.4 Å². The number of aromatic nitrogens is 1. The summed E-state index contributed by atoms with van der Waals surface area (Å²) in [7, 11) is 0. The first-order chi connectivity index (χ1) is 14.8. The van der Waals surface area contributed by atoms with E-state index in [1.165, 1.54) is 21.6 Å². The van der Waals surface area contributed by atoms with E-state index in [-0.39, 0.29) is 0 Å². The topological polar surface area (TPSA) is 36.7 Å². The van der Waals surface area contributed by atoms with Crippen LogP contribution in [0.5, 0.6) is 0 Å². The number of allylic oxidation sites excluding steroid dienone is 1. The maximum Gasteiger partial charge on any atom is 0.116 e. The van der Waals surface area contributed by atoms with E-state index in [2.05, 4.69) is 71.4 Å². The predicted octanol–water partition coefficient (Wildman–Crippen LogP) is 7.52. The number of nitrogens with zero attached hydrogens (tertiary/aromatic N) is 2. The average molecular weight is 443 g/mol. The molecule has 0 bridgehead atoms. The third-order valence-electron chi connectivity index (χ3n) is 5.17. The first kappa shape index (κ1) is 19.3. The third kappa shape index (κ3) is 3.75. The van der Waals surface area contributed by atoms with Crippen LogP contribution in [0.3, 0.4) is 0 Å². The van der Waals surface area contributed by atoms with Gasteiger partial charge in [0, 0.05) is 21.1 Å². The lowest BCUT2D eigenvalue weighted by Gasteiger charge is -2.13. The summed E-state index contributed by atoms with van der Waals surface area (Å²) in [6, 6.07) is 21.3. The molecule has 0 N–H and O–H groups in total. The molecule has 3 aromatic heterocycles. The molecule has 0 fully saturated rings. The summed E-state index contributed by atoms with van der Waals surface area (Å²) in [5.41, 5.74) is 6.61. The highest BCUT2D eigenvalue weighted by atomic mass is 32.2. The second kappa shape index (κ2) is 8.61. The number of fused-ring (bicyclic) bond motifs is 1. The van der Waals surface area contributed by atoms with E-state index in [0.717, 1.165) is 45.3 Å². The monoisotopic (exact) mass is 442 g/mol. The molecule has 0 saturated carbocycles. The Morgan fingerprint density at radius 2 is 1.83 bits per heavy atom. The van der Waals surface area contributed by atoms with Gasteiger partial charge in [-0.15, -0.1) is 34.4 Å². The zero-order valence-electron chi connectivity index (χ0n) is 16.2. The third-order valence-corrected chi connectivity index (χ3v) is 7.92. The quantitative estimate of drug-likeness (QED) is 0.300. The number of nitriles is 1. The second-order valence-electron chi connectivity index (χ2n) is 7.04. The maximum absolute atomic E-state index is 10.1. The summed E-state index contributed by atoms with van der Waals surface area (Å²) in [5, 5.41) is 15.1. The summed E-state index contributed by atoms with van der Waals surface area (Å²) >= 11 is 5.10. The van der Waals surface area contributed by atoms with Gasteiger partial charge in [0.15, 0.2) is 0 Å². The van der Waals surface area contributed by atoms with Gasteiger partial charge in [0.1, 0.15) is 11.1 Å². The van der Waals surface area contributed by atoms with Gasteiger partial charge in [0.2, 0.25) is 0 Å². The maximum atomic E-state index is 10.1. The van der Waals surface area contributed by atoms with Gasteiger partial charge in [-0.1, -0.05) is 42.5 Å². The van der Waals surface area contributed by atoms with Crippen molar-refractivity contribution in [3.63, 3.8) is 0 Å². The SMILES string of the molecule is N#Cc1c(SCc2ccccc2)nc2c(c1-c1cccs1)CCC2=Cc1cccs1. The van der Waals surface area contributed by atoms with Gasteiger partial charge in [0.25, 0.3) is 0 Å². The Morgan fingerprint density at radius 1 is 1.00 bits per heavy atom. The molecular weight excluding hydrogens is 424 g/mol. The minimum absolute atomic E-state index is 0.717. The fraction of sp³-hybridized carbons (Fsp3) is 0.120. The number of benzene rings is 1. The molecule has 0 spiro atoms. The Hall–Kier alpha value is -2.65.